The normalized spacial score (nSPS) is 14.3. The Kier molecular flexibility index (Phi) is 8.91. The number of hydrogen-bond acceptors (Lipinski definition) is 8. The molecule has 0 saturated carbocycles. The smallest absolute Gasteiger partial charge is 0.341 e. The number of fused-ring (bicyclic) bond motifs is 1. The summed E-state index contributed by atoms with van der Waals surface area (Å²) >= 11 is 2.80. The predicted octanol–water partition coefficient (Wildman–Crippen LogP) is 5.81. The van der Waals surface area contributed by atoms with Crippen molar-refractivity contribution in [3.63, 3.8) is 0 Å². The molecular weight excluding hydrogens is 508 g/mol. The minimum Gasteiger partial charge on any atom is -0.482 e. The number of aromatic nitrogens is 3. The van der Waals surface area contributed by atoms with Crippen LogP contribution in [0.4, 0.5) is 5.00 Å². The summed E-state index contributed by atoms with van der Waals surface area (Å²) in [7, 11) is 3.25. The highest BCUT2D eigenvalue weighted by Crippen LogP contribution is 2.37. The van der Waals surface area contributed by atoms with E-state index in [4.69, 9.17) is 9.47 Å². The number of anilines is 1. The van der Waals surface area contributed by atoms with Gasteiger partial charge in [-0.3, -0.25) is 4.79 Å². The highest BCUT2D eigenvalue weighted by molar-refractivity contribution is 7.99. The fourth-order valence-corrected chi connectivity index (χ4v) is 6.61. The molecule has 1 aliphatic carbocycles. The quantitative estimate of drug-likeness (QED) is 0.283. The van der Waals surface area contributed by atoms with Gasteiger partial charge in [-0.2, -0.15) is 0 Å². The van der Waals surface area contributed by atoms with Gasteiger partial charge < -0.3 is 19.4 Å². The average molecular weight is 543 g/mol. The molecule has 10 heteroatoms. The SMILES string of the molecule is COC(=O)c1c(NC(=O)CSc2nnc(C(C)Oc3ccc(C)cc3C)n2C)sc2c1CCCCCC2. The number of nitrogens with one attached hydrogen (secondary N) is 1. The van der Waals surface area contributed by atoms with E-state index in [-0.39, 0.29) is 17.8 Å². The van der Waals surface area contributed by atoms with Crippen LogP contribution in [-0.4, -0.2) is 39.5 Å². The molecule has 1 unspecified atom stereocenters. The Bertz CT molecular complexity index is 1280. The number of carbonyl (C=O) groups is 2. The molecular formula is C27H34N4O4S2. The molecule has 1 N–H and O–H groups in total. The zero-order chi connectivity index (χ0) is 26.5. The lowest BCUT2D eigenvalue weighted by Crippen LogP contribution is -2.17. The van der Waals surface area contributed by atoms with Crippen LogP contribution in [0, 0.1) is 13.8 Å². The zero-order valence-electron chi connectivity index (χ0n) is 22.1. The van der Waals surface area contributed by atoms with Crippen LogP contribution in [0.2, 0.25) is 0 Å². The highest BCUT2D eigenvalue weighted by atomic mass is 32.2. The summed E-state index contributed by atoms with van der Waals surface area (Å²) in [6, 6.07) is 6.06. The number of thioether (sulfide) groups is 1. The summed E-state index contributed by atoms with van der Waals surface area (Å²) in [6.07, 6.45) is 5.94. The van der Waals surface area contributed by atoms with Gasteiger partial charge in [0, 0.05) is 11.9 Å². The monoisotopic (exact) mass is 542 g/mol. The van der Waals surface area contributed by atoms with Crippen molar-refractivity contribution < 1.29 is 19.1 Å². The van der Waals surface area contributed by atoms with Crippen LogP contribution in [0.1, 0.15) is 76.5 Å². The number of amides is 1. The van der Waals surface area contributed by atoms with E-state index in [0.29, 0.717) is 21.5 Å². The van der Waals surface area contributed by atoms with Crippen LogP contribution in [0.3, 0.4) is 0 Å². The summed E-state index contributed by atoms with van der Waals surface area (Å²) in [6.45, 7) is 6.00. The molecule has 2 aromatic heterocycles. The van der Waals surface area contributed by atoms with Gasteiger partial charge in [-0.1, -0.05) is 42.3 Å². The van der Waals surface area contributed by atoms with Crippen molar-refractivity contribution in [2.24, 2.45) is 7.05 Å². The highest BCUT2D eigenvalue weighted by Gasteiger charge is 2.26. The maximum atomic E-state index is 12.9. The molecule has 1 amide bonds. The Morgan fingerprint density at radius 3 is 2.65 bits per heavy atom. The van der Waals surface area contributed by atoms with Gasteiger partial charge in [-0.15, -0.1) is 21.5 Å². The van der Waals surface area contributed by atoms with E-state index < -0.39 is 5.97 Å². The molecule has 0 spiro atoms. The van der Waals surface area contributed by atoms with E-state index in [9.17, 15) is 9.59 Å². The molecule has 8 nitrogen and oxygen atoms in total. The summed E-state index contributed by atoms with van der Waals surface area (Å²) < 4.78 is 13.0. The molecule has 0 aliphatic heterocycles. The number of methoxy groups -OCH3 is 1. The lowest BCUT2D eigenvalue weighted by molar-refractivity contribution is -0.113. The third-order valence-electron chi connectivity index (χ3n) is 6.51. The average Bonchev–Trinajstić information content (AvgIpc) is 3.38. The van der Waals surface area contributed by atoms with E-state index in [2.05, 4.69) is 21.6 Å². The van der Waals surface area contributed by atoms with E-state index in [0.717, 1.165) is 49.0 Å². The van der Waals surface area contributed by atoms with Gasteiger partial charge in [0.1, 0.15) is 10.8 Å². The molecule has 1 atom stereocenters. The Morgan fingerprint density at radius 1 is 1.16 bits per heavy atom. The summed E-state index contributed by atoms with van der Waals surface area (Å²) in [5.41, 5.74) is 3.80. The first kappa shape index (κ1) is 27.2. The van der Waals surface area contributed by atoms with Crippen molar-refractivity contribution in [1.29, 1.82) is 0 Å². The first-order valence-electron chi connectivity index (χ1n) is 12.6. The largest absolute Gasteiger partial charge is 0.482 e. The van der Waals surface area contributed by atoms with Crippen LogP contribution in [0.5, 0.6) is 5.75 Å². The Labute approximate surface area is 226 Å². The molecule has 37 heavy (non-hydrogen) atoms. The zero-order valence-corrected chi connectivity index (χ0v) is 23.7. The number of nitrogens with zero attached hydrogens (tertiary/aromatic N) is 3. The Hall–Kier alpha value is -2.85. The molecule has 2 heterocycles. The van der Waals surface area contributed by atoms with Gasteiger partial charge in [-0.05, 0) is 63.6 Å². The summed E-state index contributed by atoms with van der Waals surface area (Å²) in [5.74, 6) is 1.03. The second-order valence-electron chi connectivity index (χ2n) is 9.38. The summed E-state index contributed by atoms with van der Waals surface area (Å²) in [4.78, 5) is 26.7. The summed E-state index contributed by atoms with van der Waals surface area (Å²) in [5, 5.41) is 12.7. The van der Waals surface area contributed by atoms with Gasteiger partial charge in [0.25, 0.3) is 0 Å². The standard InChI is InChI=1S/C27H34N4O4S2/c1-16-12-13-20(17(2)14-16)35-18(3)24-29-30-27(31(24)4)36-15-22(32)28-25-23(26(33)34-5)19-10-8-6-7-9-11-21(19)37-25/h12-14,18H,6-11,15H2,1-5H3,(H,28,32). The van der Waals surface area contributed by atoms with E-state index >= 15 is 0 Å². The van der Waals surface area contributed by atoms with Gasteiger partial charge in [0.05, 0.1) is 18.4 Å². The Balaban J connectivity index is 1.42. The number of ether oxygens (including phenoxy) is 2. The first-order valence-corrected chi connectivity index (χ1v) is 14.4. The molecule has 198 valence electrons. The molecule has 1 aromatic carbocycles. The molecule has 0 bridgehead atoms. The van der Waals surface area contributed by atoms with Crippen molar-refractivity contribution in [2.45, 2.75) is 70.6 Å². The fraction of sp³-hybridized carbons (Fsp3) is 0.481. The number of benzene rings is 1. The molecule has 0 radical (unpaired) electrons. The van der Waals surface area contributed by atoms with Crippen LogP contribution >= 0.6 is 23.1 Å². The molecule has 0 fully saturated rings. The lowest BCUT2D eigenvalue weighted by Gasteiger charge is -2.16. The molecule has 1 aliphatic rings. The van der Waals surface area contributed by atoms with Gasteiger partial charge in [0.15, 0.2) is 17.1 Å². The number of rotatable bonds is 8. The predicted molar refractivity (Wildman–Crippen MR) is 147 cm³/mol. The fourth-order valence-electron chi connectivity index (χ4n) is 4.60. The van der Waals surface area contributed by atoms with E-state index in [1.807, 2.05) is 44.5 Å². The topological polar surface area (TPSA) is 95.3 Å². The van der Waals surface area contributed by atoms with Gasteiger partial charge in [0.2, 0.25) is 5.91 Å². The number of carbonyl (C=O) groups excluding carboxylic acids is 2. The molecule has 3 aromatic rings. The maximum absolute atomic E-state index is 12.9. The van der Waals surface area contributed by atoms with Gasteiger partial charge >= 0.3 is 5.97 Å². The van der Waals surface area contributed by atoms with Crippen LogP contribution in [0.25, 0.3) is 0 Å². The molecule has 4 rings (SSSR count). The van der Waals surface area contributed by atoms with E-state index in [1.165, 1.54) is 47.1 Å². The maximum Gasteiger partial charge on any atom is 0.341 e. The van der Waals surface area contributed by atoms with Gasteiger partial charge in [-0.25, -0.2) is 4.79 Å². The first-order chi connectivity index (χ1) is 17.8. The third kappa shape index (κ3) is 6.35. The lowest BCUT2D eigenvalue weighted by atomic mass is 9.96. The molecule has 0 saturated heterocycles. The number of esters is 1. The minimum atomic E-state index is -0.392. The number of aryl methyl sites for hydroxylation is 3. The second-order valence-corrected chi connectivity index (χ2v) is 11.4. The van der Waals surface area contributed by atoms with Crippen LogP contribution in [0.15, 0.2) is 23.4 Å². The van der Waals surface area contributed by atoms with Crippen LogP contribution < -0.4 is 10.1 Å². The third-order valence-corrected chi connectivity index (χ3v) is 8.74. The van der Waals surface area contributed by atoms with Crippen LogP contribution in [-0.2, 0) is 29.4 Å². The van der Waals surface area contributed by atoms with E-state index in [1.54, 1.807) is 0 Å². The Morgan fingerprint density at radius 2 is 1.92 bits per heavy atom. The van der Waals surface area contributed by atoms with Crippen molar-refractivity contribution in [3.8, 4) is 5.75 Å². The second kappa shape index (κ2) is 12.1. The van der Waals surface area contributed by atoms with Crippen molar-refractivity contribution in [2.75, 3.05) is 18.2 Å². The van der Waals surface area contributed by atoms with Crippen molar-refractivity contribution in [1.82, 2.24) is 14.8 Å². The van der Waals surface area contributed by atoms with Crippen molar-refractivity contribution in [3.05, 3.63) is 51.2 Å². The number of thiophene rings is 1. The number of hydrogen-bond donors (Lipinski definition) is 1. The van der Waals surface area contributed by atoms with Crippen molar-refractivity contribution >= 4 is 40.0 Å². The minimum absolute atomic E-state index is 0.140.